The fourth-order valence-corrected chi connectivity index (χ4v) is 8.84. The minimum Gasteiger partial charge on any atom is -0.427 e. The van der Waals surface area contributed by atoms with Gasteiger partial charge in [0.2, 0.25) is 18.6 Å². The molecule has 1 N–H and O–H groups in total. The molecule has 0 radical (unpaired) electrons. The molecule has 3 aromatic rings. The number of hydrogen-bond acceptors (Lipinski definition) is 11. The minimum absolute atomic E-state index is 0.0222. The van der Waals surface area contributed by atoms with Gasteiger partial charge >= 0.3 is 11.9 Å². The van der Waals surface area contributed by atoms with Crippen LogP contribution in [0.5, 0.6) is 0 Å². The first-order valence-corrected chi connectivity index (χ1v) is 20.7. The number of nitrogens with zero attached hydrogens (tertiary/aromatic N) is 3. The van der Waals surface area contributed by atoms with Crippen molar-refractivity contribution in [1.82, 2.24) is 19.5 Å². The summed E-state index contributed by atoms with van der Waals surface area (Å²) in [4.78, 5) is 72.0. The molecule has 13 nitrogen and oxygen atoms in total. The van der Waals surface area contributed by atoms with Crippen molar-refractivity contribution in [2.45, 2.75) is 109 Å². The highest BCUT2D eigenvalue weighted by Gasteiger charge is 2.51. The second-order valence-electron chi connectivity index (χ2n) is 15.4. The number of ether oxygens (including phenoxy) is 2. The summed E-state index contributed by atoms with van der Waals surface area (Å²) < 4.78 is 39.6. The second kappa shape index (κ2) is 18.3. The van der Waals surface area contributed by atoms with Crippen LogP contribution in [0, 0.1) is 11.3 Å². The van der Waals surface area contributed by atoms with Crippen molar-refractivity contribution in [2.24, 2.45) is 11.3 Å². The maximum absolute atomic E-state index is 14.2. The molecule has 0 bridgehead atoms. The lowest BCUT2D eigenvalue weighted by Crippen LogP contribution is -2.62. The van der Waals surface area contributed by atoms with Crippen LogP contribution in [-0.2, 0) is 45.2 Å². The molecule has 2 heterocycles. The van der Waals surface area contributed by atoms with E-state index in [-0.39, 0.29) is 42.8 Å². The van der Waals surface area contributed by atoms with Crippen molar-refractivity contribution in [3.8, 4) is 11.1 Å². The Kier molecular flexibility index (Phi) is 13.8. The van der Waals surface area contributed by atoms with E-state index in [0.29, 0.717) is 46.2 Å². The van der Waals surface area contributed by atoms with E-state index in [1.54, 1.807) is 88.5 Å². The van der Waals surface area contributed by atoms with Crippen LogP contribution in [-0.4, -0.2) is 71.3 Å². The number of esters is 2. The van der Waals surface area contributed by atoms with E-state index in [2.05, 4.69) is 10.3 Å². The number of aromatic nitrogens is 1. The Morgan fingerprint density at radius 2 is 1.61 bits per heavy atom. The zero-order valence-corrected chi connectivity index (χ0v) is 33.4. The molecule has 1 aliphatic carbocycles. The molecule has 0 spiro atoms. The average Bonchev–Trinajstić information content (AvgIpc) is 3.87. The lowest BCUT2D eigenvalue weighted by atomic mass is 9.98. The molecule has 1 aliphatic heterocycles. The molecule has 2 aromatic carbocycles. The Bertz CT molecular complexity index is 1990. The largest absolute Gasteiger partial charge is 0.427 e. The van der Waals surface area contributed by atoms with Crippen LogP contribution in [0.1, 0.15) is 108 Å². The summed E-state index contributed by atoms with van der Waals surface area (Å²) >= 11 is 0. The number of amides is 3. The second-order valence-corrected chi connectivity index (χ2v) is 17.2. The van der Waals surface area contributed by atoms with Gasteiger partial charge in [-0.3, -0.25) is 29.5 Å². The molecule has 1 atom stereocenters. The van der Waals surface area contributed by atoms with Gasteiger partial charge in [-0.1, -0.05) is 75.1 Å². The third-order valence-corrected chi connectivity index (χ3v) is 12.1. The van der Waals surface area contributed by atoms with Crippen molar-refractivity contribution in [1.29, 1.82) is 0 Å². The maximum atomic E-state index is 14.2. The number of nitrogens with one attached hydrogen (secondary N) is 1. The molecule has 14 heteroatoms. The number of carbonyl (C=O) groups excluding carboxylic acids is 5. The Labute approximate surface area is 329 Å². The van der Waals surface area contributed by atoms with E-state index in [9.17, 15) is 32.4 Å². The highest BCUT2D eigenvalue weighted by molar-refractivity contribution is 7.90. The van der Waals surface area contributed by atoms with Crippen LogP contribution in [0.3, 0.4) is 0 Å². The SMILES string of the molecule is CCCC(=O)N(C(=O)CCC1CCCC1)S(=O)(=O)c1ccccc1-c1ccc(CNC2(C(=O)OCOC(=O)C(C)(C)C)CCCN2C(=O)c2cccnc2)cc1. The molecule has 5 rings (SSSR count). The normalized spacial score (nSPS) is 17.4. The Morgan fingerprint density at radius 1 is 0.911 bits per heavy atom. The summed E-state index contributed by atoms with van der Waals surface area (Å²) in [5.74, 6) is -2.88. The Morgan fingerprint density at radius 3 is 2.27 bits per heavy atom. The van der Waals surface area contributed by atoms with E-state index >= 15 is 0 Å². The summed E-state index contributed by atoms with van der Waals surface area (Å²) in [6.07, 6.45) is 8.67. The number of imide groups is 1. The zero-order valence-electron chi connectivity index (χ0n) is 32.6. The zero-order chi connectivity index (χ0) is 40.5. The van der Waals surface area contributed by atoms with Gasteiger partial charge in [-0.15, -0.1) is 0 Å². The average molecular weight is 789 g/mol. The highest BCUT2D eigenvalue weighted by Crippen LogP contribution is 2.34. The first-order valence-electron chi connectivity index (χ1n) is 19.3. The van der Waals surface area contributed by atoms with Crippen molar-refractivity contribution in [3.63, 3.8) is 0 Å². The van der Waals surface area contributed by atoms with Crippen LogP contribution in [0.2, 0.25) is 0 Å². The number of hydrogen-bond donors (Lipinski definition) is 1. The van der Waals surface area contributed by atoms with Gasteiger partial charge in [0, 0.05) is 43.9 Å². The van der Waals surface area contributed by atoms with Gasteiger partial charge in [0.05, 0.1) is 15.9 Å². The molecular weight excluding hydrogens is 737 g/mol. The molecule has 2 aliphatic rings. The Hall–Kier alpha value is -4.95. The summed E-state index contributed by atoms with van der Waals surface area (Å²) in [5, 5.41) is 3.25. The van der Waals surface area contributed by atoms with Gasteiger partial charge in [-0.05, 0) is 81.7 Å². The third kappa shape index (κ3) is 9.70. The number of carbonyl (C=O) groups is 5. The number of likely N-dealkylation sites (tertiary alicyclic amines) is 1. The summed E-state index contributed by atoms with van der Waals surface area (Å²) in [6.45, 7) is 6.52. The first kappa shape index (κ1) is 42.2. The topological polar surface area (TPSA) is 169 Å². The van der Waals surface area contributed by atoms with Crippen LogP contribution < -0.4 is 5.32 Å². The Balaban J connectivity index is 1.38. The third-order valence-electron chi connectivity index (χ3n) is 10.3. The summed E-state index contributed by atoms with van der Waals surface area (Å²) in [6, 6.07) is 16.5. The fraction of sp³-hybridized carbons (Fsp3) is 0.476. The van der Waals surface area contributed by atoms with E-state index in [1.807, 2.05) is 0 Å². The predicted octanol–water partition coefficient (Wildman–Crippen LogP) is 6.38. The minimum atomic E-state index is -4.56. The monoisotopic (exact) mass is 788 g/mol. The van der Waals surface area contributed by atoms with Gasteiger partial charge in [-0.2, -0.15) is 4.31 Å². The molecule has 1 saturated heterocycles. The lowest BCUT2D eigenvalue weighted by molar-refractivity contribution is -0.180. The van der Waals surface area contributed by atoms with Crippen LogP contribution in [0.25, 0.3) is 11.1 Å². The quantitative estimate of drug-likeness (QED) is 0.134. The van der Waals surface area contributed by atoms with Gasteiger partial charge < -0.3 is 14.4 Å². The molecule has 1 aromatic heterocycles. The molecule has 3 amide bonds. The van der Waals surface area contributed by atoms with Crippen LogP contribution >= 0.6 is 0 Å². The molecule has 1 saturated carbocycles. The lowest BCUT2D eigenvalue weighted by Gasteiger charge is -2.37. The molecule has 56 heavy (non-hydrogen) atoms. The van der Waals surface area contributed by atoms with Gasteiger partial charge in [0.15, 0.2) is 5.66 Å². The van der Waals surface area contributed by atoms with Gasteiger partial charge in [0.1, 0.15) is 0 Å². The summed E-state index contributed by atoms with van der Waals surface area (Å²) in [7, 11) is -4.56. The highest BCUT2D eigenvalue weighted by atomic mass is 32.2. The predicted molar refractivity (Wildman–Crippen MR) is 208 cm³/mol. The first-order chi connectivity index (χ1) is 26.7. The molecule has 2 fully saturated rings. The van der Waals surface area contributed by atoms with E-state index in [4.69, 9.17) is 9.47 Å². The van der Waals surface area contributed by atoms with Crippen molar-refractivity contribution in [3.05, 3.63) is 84.2 Å². The van der Waals surface area contributed by atoms with E-state index in [1.165, 1.54) is 17.2 Å². The van der Waals surface area contributed by atoms with Gasteiger partial charge in [0.25, 0.3) is 15.9 Å². The van der Waals surface area contributed by atoms with Crippen molar-refractivity contribution < 1.29 is 41.9 Å². The molecule has 1 unspecified atom stereocenters. The standard InChI is InChI=1S/C42H52N4O9S/c1-5-12-36(47)46(37(48)23-20-30-13-6-7-14-30)56(52,53)35-17-9-8-16-34(35)32-21-18-31(19-22-32)27-44-42(40(51)55-29-54-39(50)41(2,3)4)24-11-26-45(42)38(49)33-15-10-25-43-28-33/h8-10,15-19,21-22,25,28,30,44H,5-7,11-14,20,23-24,26-27,29H2,1-4H3. The molecular formula is C42H52N4O9S. The fourth-order valence-electron chi connectivity index (χ4n) is 7.21. The number of pyridine rings is 1. The van der Waals surface area contributed by atoms with Gasteiger partial charge in [-0.25, -0.2) is 13.2 Å². The van der Waals surface area contributed by atoms with E-state index in [0.717, 1.165) is 25.7 Å². The summed E-state index contributed by atoms with van der Waals surface area (Å²) in [5.41, 5.74) is -0.581. The number of sulfonamides is 1. The van der Waals surface area contributed by atoms with E-state index < -0.39 is 57.6 Å². The van der Waals surface area contributed by atoms with Crippen molar-refractivity contribution in [2.75, 3.05) is 13.3 Å². The maximum Gasteiger partial charge on any atom is 0.350 e. The molecule has 300 valence electrons. The van der Waals surface area contributed by atoms with Crippen molar-refractivity contribution >= 4 is 39.7 Å². The van der Waals surface area contributed by atoms with Crippen LogP contribution in [0.4, 0.5) is 0 Å². The smallest absolute Gasteiger partial charge is 0.350 e. The number of benzene rings is 2. The number of rotatable bonds is 15. The van der Waals surface area contributed by atoms with Crippen LogP contribution in [0.15, 0.2) is 78.0 Å².